The van der Waals surface area contributed by atoms with Crippen LogP contribution in [-0.4, -0.2) is 35.7 Å². The average Bonchev–Trinajstić information content (AvgIpc) is 2.72. The minimum atomic E-state index is -0.414. The van der Waals surface area contributed by atoms with Crippen LogP contribution in [0.1, 0.15) is 53.3 Å². The predicted molar refractivity (Wildman–Crippen MR) is 86.7 cm³/mol. The standard InChI is InChI=1S/C16H19BrN2O3/c1-2-3-4-5-8-18-14(20)10-19-15(21)12-7-6-11(17)9-13(12)16(19)22/h6-7,9H,2-5,8,10H2,1H3,(H,18,20). The molecule has 1 aromatic rings. The van der Waals surface area contributed by atoms with Gasteiger partial charge in [-0.2, -0.15) is 0 Å². The third-order valence-electron chi connectivity index (χ3n) is 3.59. The smallest absolute Gasteiger partial charge is 0.262 e. The zero-order valence-corrected chi connectivity index (χ0v) is 14.1. The summed E-state index contributed by atoms with van der Waals surface area (Å²) in [6.45, 7) is 2.48. The molecule has 0 aromatic heterocycles. The monoisotopic (exact) mass is 366 g/mol. The minimum absolute atomic E-state index is 0.224. The van der Waals surface area contributed by atoms with Gasteiger partial charge in [-0.05, 0) is 24.6 Å². The number of carbonyl (C=O) groups excluding carboxylic acids is 3. The fourth-order valence-electron chi connectivity index (χ4n) is 2.39. The third kappa shape index (κ3) is 3.74. The predicted octanol–water partition coefficient (Wildman–Crippen LogP) is 2.74. The Balaban J connectivity index is 1.90. The van der Waals surface area contributed by atoms with Crippen LogP contribution in [0.5, 0.6) is 0 Å². The van der Waals surface area contributed by atoms with E-state index in [9.17, 15) is 14.4 Å². The van der Waals surface area contributed by atoms with E-state index >= 15 is 0 Å². The number of rotatable bonds is 7. The first-order valence-corrected chi connectivity index (χ1v) is 8.26. The zero-order chi connectivity index (χ0) is 16.1. The molecule has 1 aromatic carbocycles. The maximum atomic E-state index is 12.2. The largest absolute Gasteiger partial charge is 0.355 e. The van der Waals surface area contributed by atoms with E-state index in [-0.39, 0.29) is 12.5 Å². The molecule has 0 aliphatic carbocycles. The lowest BCUT2D eigenvalue weighted by molar-refractivity contribution is -0.121. The van der Waals surface area contributed by atoms with Gasteiger partial charge in [0.05, 0.1) is 11.1 Å². The van der Waals surface area contributed by atoms with Gasteiger partial charge in [0.2, 0.25) is 5.91 Å². The Morgan fingerprint density at radius 3 is 2.59 bits per heavy atom. The van der Waals surface area contributed by atoms with Crippen molar-refractivity contribution in [1.29, 1.82) is 0 Å². The first-order valence-electron chi connectivity index (χ1n) is 7.47. The van der Waals surface area contributed by atoms with Crippen LogP contribution in [-0.2, 0) is 4.79 Å². The summed E-state index contributed by atoms with van der Waals surface area (Å²) < 4.78 is 0.731. The summed E-state index contributed by atoms with van der Waals surface area (Å²) in [6, 6.07) is 4.92. The molecule has 118 valence electrons. The lowest BCUT2D eigenvalue weighted by atomic mass is 10.1. The highest BCUT2D eigenvalue weighted by molar-refractivity contribution is 9.10. The SMILES string of the molecule is CCCCCCNC(=O)CN1C(=O)c2ccc(Br)cc2C1=O. The van der Waals surface area contributed by atoms with Gasteiger partial charge in [0.1, 0.15) is 6.54 Å². The molecule has 22 heavy (non-hydrogen) atoms. The molecular formula is C16H19BrN2O3. The van der Waals surface area contributed by atoms with Crippen molar-refractivity contribution in [3.05, 3.63) is 33.8 Å². The highest BCUT2D eigenvalue weighted by Crippen LogP contribution is 2.25. The van der Waals surface area contributed by atoms with Gasteiger partial charge in [-0.15, -0.1) is 0 Å². The Kier molecular flexibility index (Phi) is 5.71. The summed E-state index contributed by atoms with van der Waals surface area (Å²) in [6.07, 6.45) is 4.26. The van der Waals surface area contributed by atoms with Crippen LogP contribution in [0.15, 0.2) is 22.7 Å². The molecule has 1 N–H and O–H groups in total. The highest BCUT2D eigenvalue weighted by atomic mass is 79.9. The second kappa shape index (κ2) is 7.54. The van der Waals surface area contributed by atoms with Gasteiger partial charge in [-0.1, -0.05) is 42.1 Å². The molecule has 0 spiro atoms. The van der Waals surface area contributed by atoms with Crippen molar-refractivity contribution in [1.82, 2.24) is 10.2 Å². The van der Waals surface area contributed by atoms with Gasteiger partial charge < -0.3 is 5.32 Å². The van der Waals surface area contributed by atoms with E-state index in [1.165, 1.54) is 0 Å². The van der Waals surface area contributed by atoms with Crippen molar-refractivity contribution in [3.8, 4) is 0 Å². The van der Waals surface area contributed by atoms with E-state index in [2.05, 4.69) is 28.2 Å². The van der Waals surface area contributed by atoms with Gasteiger partial charge in [0.15, 0.2) is 0 Å². The van der Waals surface area contributed by atoms with Gasteiger partial charge >= 0.3 is 0 Å². The molecule has 0 fully saturated rings. The molecule has 0 radical (unpaired) electrons. The molecule has 1 aliphatic rings. The van der Waals surface area contributed by atoms with E-state index in [0.29, 0.717) is 17.7 Å². The van der Waals surface area contributed by atoms with Crippen LogP contribution in [0.25, 0.3) is 0 Å². The molecule has 3 amide bonds. The molecule has 0 unspecified atom stereocenters. The summed E-state index contributed by atoms with van der Waals surface area (Å²) in [4.78, 5) is 37.3. The fraction of sp³-hybridized carbons (Fsp3) is 0.438. The van der Waals surface area contributed by atoms with Gasteiger partial charge in [0.25, 0.3) is 11.8 Å². The topological polar surface area (TPSA) is 66.5 Å². The lowest BCUT2D eigenvalue weighted by Crippen LogP contribution is -2.40. The number of hydrogen-bond donors (Lipinski definition) is 1. The van der Waals surface area contributed by atoms with Crippen LogP contribution in [0.4, 0.5) is 0 Å². The molecule has 6 heteroatoms. The molecule has 5 nitrogen and oxygen atoms in total. The van der Waals surface area contributed by atoms with Crippen molar-refractivity contribution in [3.63, 3.8) is 0 Å². The summed E-state index contributed by atoms with van der Waals surface area (Å²) in [5.41, 5.74) is 0.694. The molecule has 1 aliphatic heterocycles. The zero-order valence-electron chi connectivity index (χ0n) is 12.5. The first-order chi connectivity index (χ1) is 10.5. The van der Waals surface area contributed by atoms with Crippen molar-refractivity contribution in [2.75, 3.05) is 13.1 Å². The number of carbonyl (C=O) groups is 3. The molecular weight excluding hydrogens is 348 g/mol. The van der Waals surface area contributed by atoms with Crippen molar-refractivity contribution >= 4 is 33.7 Å². The van der Waals surface area contributed by atoms with E-state index in [1.807, 2.05) is 0 Å². The van der Waals surface area contributed by atoms with Crippen molar-refractivity contribution < 1.29 is 14.4 Å². The van der Waals surface area contributed by atoms with Crippen LogP contribution in [0.3, 0.4) is 0 Å². The number of hydrogen-bond acceptors (Lipinski definition) is 3. The molecule has 1 heterocycles. The van der Waals surface area contributed by atoms with Crippen LogP contribution >= 0.6 is 15.9 Å². The van der Waals surface area contributed by atoms with Crippen LogP contribution < -0.4 is 5.32 Å². The molecule has 0 atom stereocenters. The van der Waals surface area contributed by atoms with E-state index in [1.54, 1.807) is 18.2 Å². The Morgan fingerprint density at radius 2 is 1.86 bits per heavy atom. The van der Waals surface area contributed by atoms with E-state index < -0.39 is 11.8 Å². The Bertz CT molecular complexity index is 601. The quantitative estimate of drug-likeness (QED) is 0.595. The Labute approximate surface area is 138 Å². The number of amides is 3. The van der Waals surface area contributed by atoms with Gasteiger partial charge in [-0.25, -0.2) is 0 Å². The number of nitrogens with zero attached hydrogens (tertiary/aromatic N) is 1. The molecule has 2 rings (SSSR count). The Morgan fingerprint density at radius 1 is 1.14 bits per heavy atom. The number of halogens is 1. The summed E-state index contributed by atoms with van der Waals surface area (Å²) in [5, 5.41) is 2.75. The number of imide groups is 1. The molecule has 0 saturated carbocycles. The van der Waals surface area contributed by atoms with Gasteiger partial charge in [0, 0.05) is 11.0 Å². The maximum Gasteiger partial charge on any atom is 0.262 e. The van der Waals surface area contributed by atoms with Crippen molar-refractivity contribution in [2.45, 2.75) is 32.6 Å². The molecule has 0 saturated heterocycles. The molecule has 0 bridgehead atoms. The Hall–Kier alpha value is -1.69. The minimum Gasteiger partial charge on any atom is -0.355 e. The van der Waals surface area contributed by atoms with E-state index in [0.717, 1.165) is 35.1 Å². The number of unbranched alkanes of at least 4 members (excludes halogenated alkanes) is 3. The summed E-state index contributed by atoms with van der Waals surface area (Å²) >= 11 is 3.28. The lowest BCUT2D eigenvalue weighted by Gasteiger charge is -2.13. The average molecular weight is 367 g/mol. The summed E-state index contributed by atoms with van der Waals surface area (Å²) in [7, 11) is 0. The summed E-state index contributed by atoms with van der Waals surface area (Å²) in [5.74, 6) is -1.12. The normalized spacial score (nSPS) is 13.5. The fourth-order valence-corrected chi connectivity index (χ4v) is 2.75. The third-order valence-corrected chi connectivity index (χ3v) is 4.08. The van der Waals surface area contributed by atoms with Gasteiger partial charge in [-0.3, -0.25) is 19.3 Å². The highest BCUT2D eigenvalue weighted by Gasteiger charge is 2.36. The van der Waals surface area contributed by atoms with Crippen molar-refractivity contribution in [2.24, 2.45) is 0 Å². The van der Waals surface area contributed by atoms with Crippen LogP contribution in [0, 0.1) is 0 Å². The number of benzene rings is 1. The van der Waals surface area contributed by atoms with E-state index in [4.69, 9.17) is 0 Å². The second-order valence-electron chi connectivity index (χ2n) is 5.30. The van der Waals surface area contributed by atoms with Crippen LogP contribution in [0.2, 0.25) is 0 Å². The second-order valence-corrected chi connectivity index (χ2v) is 6.21. The number of nitrogens with one attached hydrogen (secondary N) is 1. The number of fused-ring (bicyclic) bond motifs is 1. The first kappa shape index (κ1) is 16.7. The maximum absolute atomic E-state index is 12.2.